The predicted molar refractivity (Wildman–Crippen MR) is 56.8 cm³/mol. The fourth-order valence-corrected chi connectivity index (χ4v) is 2.53. The molecule has 0 unspecified atom stereocenters. The van der Waals surface area contributed by atoms with Crippen molar-refractivity contribution < 1.29 is 14.6 Å². The van der Waals surface area contributed by atoms with Gasteiger partial charge in [0.1, 0.15) is 12.2 Å². The molecule has 1 heterocycles. The van der Waals surface area contributed by atoms with E-state index in [0.29, 0.717) is 0 Å². The van der Waals surface area contributed by atoms with Crippen molar-refractivity contribution in [1.29, 1.82) is 0 Å². The van der Waals surface area contributed by atoms with Gasteiger partial charge in [0.15, 0.2) is 5.79 Å². The van der Waals surface area contributed by atoms with Crippen molar-refractivity contribution in [3.63, 3.8) is 0 Å². The fourth-order valence-electron chi connectivity index (χ4n) is 1.74. The van der Waals surface area contributed by atoms with Crippen LogP contribution in [0.5, 0.6) is 0 Å². The summed E-state index contributed by atoms with van der Waals surface area (Å²) in [6.45, 7) is 3.80. The van der Waals surface area contributed by atoms with Gasteiger partial charge < -0.3 is 14.6 Å². The van der Waals surface area contributed by atoms with E-state index >= 15 is 0 Å². The third-order valence-corrected chi connectivity index (χ3v) is 3.75. The zero-order valence-electron chi connectivity index (χ0n) is 7.61. The summed E-state index contributed by atoms with van der Waals surface area (Å²) in [5.74, 6) is -0.521. The van der Waals surface area contributed by atoms with Gasteiger partial charge in [-0.15, -0.1) is 0 Å². The first-order valence-electron chi connectivity index (χ1n) is 4.36. The Morgan fingerprint density at radius 2 is 2.00 bits per heavy atom. The minimum Gasteiger partial charge on any atom is -0.388 e. The molecule has 0 spiro atoms. The van der Waals surface area contributed by atoms with Crippen molar-refractivity contribution in [2.24, 2.45) is 0 Å². The highest BCUT2D eigenvalue weighted by molar-refractivity contribution is 14.1. The minimum atomic E-state index is -0.521. The van der Waals surface area contributed by atoms with E-state index in [-0.39, 0.29) is 16.1 Å². The monoisotopic (exact) mass is 296 g/mol. The van der Waals surface area contributed by atoms with Crippen LogP contribution in [-0.2, 0) is 9.47 Å². The topological polar surface area (TPSA) is 38.7 Å². The molecule has 4 heteroatoms. The van der Waals surface area contributed by atoms with Gasteiger partial charge >= 0.3 is 0 Å². The lowest BCUT2D eigenvalue weighted by molar-refractivity contribution is -0.142. The first kappa shape index (κ1) is 9.89. The predicted octanol–water partition coefficient (Wildman–Crippen LogP) is 1.24. The third-order valence-electron chi connectivity index (χ3n) is 2.30. The summed E-state index contributed by atoms with van der Waals surface area (Å²) in [6.07, 6.45) is 3.23. The average Bonchev–Trinajstić information content (AvgIpc) is 2.34. The van der Waals surface area contributed by atoms with Crippen molar-refractivity contribution in [2.45, 2.75) is 41.9 Å². The molecule has 1 fully saturated rings. The highest BCUT2D eigenvalue weighted by Crippen LogP contribution is 2.36. The maximum Gasteiger partial charge on any atom is 0.164 e. The summed E-state index contributed by atoms with van der Waals surface area (Å²) in [7, 11) is 0. The maximum absolute atomic E-state index is 9.57. The summed E-state index contributed by atoms with van der Waals surface area (Å²) in [5, 5.41) is 9.57. The van der Waals surface area contributed by atoms with E-state index < -0.39 is 11.9 Å². The van der Waals surface area contributed by atoms with Gasteiger partial charge in [0.25, 0.3) is 0 Å². The Morgan fingerprint density at radius 3 is 2.69 bits per heavy atom. The lowest BCUT2D eigenvalue weighted by Gasteiger charge is -2.26. The molecule has 3 nitrogen and oxygen atoms in total. The maximum atomic E-state index is 9.57. The first-order chi connectivity index (χ1) is 5.99. The summed E-state index contributed by atoms with van der Waals surface area (Å²) >= 11 is 2.21. The minimum absolute atomic E-state index is 0.000278. The van der Waals surface area contributed by atoms with Gasteiger partial charge in [-0.05, 0) is 13.8 Å². The Morgan fingerprint density at radius 1 is 1.31 bits per heavy atom. The molecular weight excluding hydrogens is 283 g/mol. The van der Waals surface area contributed by atoms with Gasteiger partial charge in [-0.3, -0.25) is 0 Å². The Hall–Kier alpha value is 0.350. The molecule has 0 radical (unpaired) electrons. The van der Waals surface area contributed by atoms with Gasteiger partial charge in [0.2, 0.25) is 0 Å². The Labute approximate surface area is 91.2 Å². The van der Waals surface area contributed by atoms with Crippen LogP contribution >= 0.6 is 22.6 Å². The van der Waals surface area contributed by atoms with Crippen LogP contribution in [0.3, 0.4) is 0 Å². The van der Waals surface area contributed by atoms with Crippen molar-refractivity contribution >= 4 is 22.6 Å². The van der Waals surface area contributed by atoms with E-state index in [4.69, 9.17) is 9.47 Å². The molecule has 0 saturated carbocycles. The van der Waals surface area contributed by atoms with Crippen molar-refractivity contribution in [3.05, 3.63) is 12.2 Å². The lowest BCUT2D eigenvalue weighted by atomic mass is 10.00. The molecule has 1 aliphatic heterocycles. The number of rotatable bonds is 0. The smallest absolute Gasteiger partial charge is 0.164 e. The molecular formula is C9H13IO3. The van der Waals surface area contributed by atoms with Gasteiger partial charge in [0, 0.05) is 0 Å². The summed E-state index contributed by atoms with van der Waals surface area (Å²) in [4.78, 5) is 0. The van der Waals surface area contributed by atoms with E-state index in [1.807, 2.05) is 19.9 Å². The SMILES string of the molecule is CC1(C)O[C@H]2[C@H](I)[C@@H](O)C=C[C@H]2O1. The average molecular weight is 296 g/mol. The van der Waals surface area contributed by atoms with Gasteiger partial charge in [-0.25, -0.2) is 0 Å². The van der Waals surface area contributed by atoms with Gasteiger partial charge in [-0.2, -0.15) is 0 Å². The zero-order chi connectivity index (χ0) is 9.64. The Bertz CT molecular complexity index is 239. The second kappa shape index (κ2) is 3.18. The Balaban J connectivity index is 2.19. The van der Waals surface area contributed by atoms with Crippen LogP contribution in [0.15, 0.2) is 12.2 Å². The molecule has 1 N–H and O–H groups in total. The summed E-state index contributed by atoms with van der Waals surface area (Å²) in [5.41, 5.74) is 0. The number of aliphatic hydroxyl groups excluding tert-OH is 1. The zero-order valence-corrected chi connectivity index (χ0v) is 9.76. The van der Waals surface area contributed by atoms with E-state index in [1.54, 1.807) is 6.08 Å². The molecule has 0 amide bonds. The van der Waals surface area contributed by atoms with Crippen LogP contribution in [0.25, 0.3) is 0 Å². The largest absolute Gasteiger partial charge is 0.388 e. The Kier molecular flexibility index (Phi) is 2.42. The summed E-state index contributed by atoms with van der Waals surface area (Å²) < 4.78 is 11.4. The second-order valence-corrected chi connectivity index (χ2v) is 5.32. The number of alkyl halides is 1. The van der Waals surface area contributed by atoms with Gasteiger partial charge in [0.05, 0.1) is 10.0 Å². The molecule has 74 valence electrons. The van der Waals surface area contributed by atoms with Crippen LogP contribution in [0.1, 0.15) is 13.8 Å². The molecule has 2 aliphatic rings. The van der Waals surface area contributed by atoms with E-state index in [0.717, 1.165) is 0 Å². The number of halogens is 1. The van der Waals surface area contributed by atoms with Crippen molar-refractivity contribution in [3.8, 4) is 0 Å². The van der Waals surface area contributed by atoms with Crippen LogP contribution < -0.4 is 0 Å². The lowest BCUT2D eigenvalue weighted by Crippen LogP contribution is -2.40. The number of hydrogen-bond acceptors (Lipinski definition) is 3. The van der Waals surface area contributed by atoms with Crippen LogP contribution in [0.4, 0.5) is 0 Å². The molecule has 1 aliphatic carbocycles. The normalized spacial score (nSPS) is 47.7. The van der Waals surface area contributed by atoms with E-state index in [2.05, 4.69) is 22.6 Å². The van der Waals surface area contributed by atoms with E-state index in [9.17, 15) is 5.11 Å². The number of hydrogen-bond donors (Lipinski definition) is 1. The summed E-state index contributed by atoms with van der Waals surface area (Å²) in [6, 6.07) is 0. The number of ether oxygens (including phenoxy) is 2. The molecule has 0 bridgehead atoms. The quantitative estimate of drug-likeness (QED) is 0.415. The first-order valence-corrected chi connectivity index (χ1v) is 5.60. The molecule has 0 aromatic heterocycles. The molecule has 0 aromatic rings. The van der Waals surface area contributed by atoms with Crippen molar-refractivity contribution in [1.82, 2.24) is 0 Å². The van der Waals surface area contributed by atoms with Crippen LogP contribution in [0, 0.1) is 0 Å². The highest BCUT2D eigenvalue weighted by atomic mass is 127. The van der Waals surface area contributed by atoms with Gasteiger partial charge in [-0.1, -0.05) is 34.7 Å². The van der Waals surface area contributed by atoms with Crippen LogP contribution in [0.2, 0.25) is 0 Å². The molecule has 1 saturated heterocycles. The van der Waals surface area contributed by atoms with E-state index in [1.165, 1.54) is 0 Å². The number of fused-ring (bicyclic) bond motifs is 1. The molecule has 2 rings (SSSR count). The fraction of sp³-hybridized carbons (Fsp3) is 0.778. The van der Waals surface area contributed by atoms with Crippen molar-refractivity contribution in [2.75, 3.05) is 0 Å². The second-order valence-electron chi connectivity index (χ2n) is 3.88. The number of aliphatic hydroxyl groups is 1. The molecule has 13 heavy (non-hydrogen) atoms. The molecule has 4 atom stereocenters. The third kappa shape index (κ3) is 1.77. The molecule has 0 aromatic carbocycles. The highest BCUT2D eigenvalue weighted by Gasteiger charge is 2.46. The standard InChI is InChI=1S/C9H13IO3/c1-9(2)12-6-4-3-5(11)7(10)8(6)13-9/h3-8,11H,1-2H3/t5-,6+,7+,8+/m0/s1. The van der Waals surface area contributed by atoms with Crippen LogP contribution in [-0.4, -0.2) is 33.1 Å².